The normalized spacial score (nSPS) is 10.6. The summed E-state index contributed by atoms with van der Waals surface area (Å²) in [6.07, 6.45) is 0. The van der Waals surface area contributed by atoms with Crippen molar-refractivity contribution in [1.82, 2.24) is 10.2 Å². The van der Waals surface area contributed by atoms with Crippen LogP contribution in [0.5, 0.6) is 0 Å². The topological polar surface area (TPSA) is 45.8 Å². The van der Waals surface area contributed by atoms with Crippen molar-refractivity contribution in [2.24, 2.45) is 0 Å². The third-order valence-corrected chi connectivity index (χ3v) is 2.98. The molecule has 2 aromatic rings. The number of aromatic amines is 1. The Bertz CT molecular complexity index is 632. The van der Waals surface area contributed by atoms with E-state index in [1.807, 2.05) is 13.8 Å². The molecular weight excluding hydrogens is 219 g/mol. The first-order valence-corrected chi connectivity index (χ1v) is 5.33. The average molecular weight is 232 g/mol. The Balaban J connectivity index is 2.73. The van der Waals surface area contributed by atoms with Gasteiger partial charge in [-0.15, -0.1) is 0 Å². The predicted molar refractivity (Wildman–Crippen MR) is 64.5 cm³/mol. The molecule has 1 heterocycles. The van der Waals surface area contributed by atoms with Crippen LogP contribution in [0.25, 0.3) is 11.3 Å². The van der Waals surface area contributed by atoms with Gasteiger partial charge in [-0.3, -0.25) is 4.79 Å². The van der Waals surface area contributed by atoms with Crippen LogP contribution < -0.4 is 5.56 Å². The Morgan fingerprint density at radius 3 is 2.59 bits per heavy atom. The lowest BCUT2D eigenvalue weighted by atomic mass is 10.0. The van der Waals surface area contributed by atoms with Gasteiger partial charge in [0.1, 0.15) is 5.82 Å². The first-order valence-electron chi connectivity index (χ1n) is 5.33. The van der Waals surface area contributed by atoms with E-state index in [4.69, 9.17) is 0 Å². The Hall–Kier alpha value is -1.97. The molecule has 1 N–H and O–H groups in total. The molecule has 1 aromatic carbocycles. The van der Waals surface area contributed by atoms with Crippen molar-refractivity contribution >= 4 is 0 Å². The number of hydrogen-bond donors (Lipinski definition) is 1. The highest BCUT2D eigenvalue weighted by atomic mass is 19.1. The molecule has 0 spiro atoms. The van der Waals surface area contributed by atoms with Crippen LogP contribution >= 0.6 is 0 Å². The number of H-pyrrole nitrogens is 1. The molecule has 17 heavy (non-hydrogen) atoms. The zero-order valence-electron chi connectivity index (χ0n) is 9.97. The number of halogens is 1. The first-order chi connectivity index (χ1) is 8.00. The summed E-state index contributed by atoms with van der Waals surface area (Å²) in [4.78, 5) is 11.4. The zero-order chi connectivity index (χ0) is 12.6. The maximum absolute atomic E-state index is 13.2. The molecule has 0 fully saturated rings. The van der Waals surface area contributed by atoms with Crippen molar-refractivity contribution in [3.05, 3.63) is 51.1 Å². The van der Waals surface area contributed by atoms with E-state index in [9.17, 15) is 9.18 Å². The summed E-state index contributed by atoms with van der Waals surface area (Å²) in [6, 6.07) is 4.54. The summed E-state index contributed by atoms with van der Waals surface area (Å²) in [6.45, 7) is 5.43. The molecule has 3 nitrogen and oxygen atoms in total. The lowest BCUT2D eigenvalue weighted by Crippen LogP contribution is -2.14. The molecule has 0 saturated carbocycles. The molecule has 0 aliphatic carbocycles. The molecule has 2 rings (SSSR count). The Labute approximate surface area is 98.3 Å². The largest absolute Gasteiger partial charge is 0.268 e. The zero-order valence-corrected chi connectivity index (χ0v) is 9.97. The summed E-state index contributed by atoms with van der Waals surface area (Å²) in [5.74, 6) is -0.310. The molecule has 1 aromatic heterocycles. The van der Waals surface area contributed by atoms with Crippen LogP contribution in [0.15, 0.2) is 23.0 Å². The number of hydrogen-bond acceptors (Lipinski definition) is 2. The van der Waals surface area contributed by atoms with E-state index in [1.54, 1.807) is 13.0 Å². The standard InChI is InChI=1S/C13H13FN2O/c1-7-4-5-10(14)6-11(7)12-8(2)9(3)13(17)16-15-12/h4-6H,1-3H3,(H,16,17). The predicted octanol–water partition coefficient (Wildman–Crippen LogP) is 2.50. The van der Waals surface area contributed by atoms with E-state index in [0.29, 0.717) is 16.8 Å². The Kier molecular flexibility index (Phi) is 2.79. The molecular formula is C13H13FN2O. The van der Waals surface area contributed by atoms with E-state index >= 15 is 0 Å². The van der Waals surface area contributed by atoms with Gasteiger partial charge in [0, 0.05) is 11.1 Å². The number of rotatable bonds is 1. The number of benzene rings is 1. The van der Waals surface area contributed by atoms with Gasteiger partial charge in [0.25, 0.3) is 5.56 Å². The lowest BCUT2D eigenvalue weighted by molar-refractivity contribution is 0.628. The summed E-state index contributed by atoms with van der Waals surface area (Å²) < 4.78 is 13.2. The van der Waals surface area contributed by atoms with Gasteiger partial charge < -0.3 is 0 Å². The van der Waals surface area contributed by atoms with Crippen molar-refractivity contribution in [3.63, 3.8) is 0 Å². The minimum absolute atomic E-state index is 0.208. The Morgan fingerprint density at radius 1 is 1.18 bits per heavy atom. The SMILES string of the molecule is Cc1ccc(F)cc1-c1n[nH]c(=O)c(C)c1C. The third kappa shape index (κ3) is 1.98. The van der Waals surface area contributed by atoms with Gasteiger partial charge in [-0.05, 0) is 44.0 Å². The van der Waals surface area contributed by atoms with E-state index in [2.05, 4.69) is 10.2 Å². The first kappa shape index (κ1) is 11.5. The molecule has 0 aliphatic heterocycles. The van der Waals surface area contributed by atoms with Crippen molar-refractivity contribution in [2.45, 2.75) is 20.8 Å². The van der Waals surface area contributed by atoms with Gasteiger partial charge in [0.05, 0.1) is 5.69 Å². The highest BCUT2D eigenvalue weighted by molar-refractivity contribution is 5.66. The molecule has 0 atom stereocenters. The summed E-state index contributed by atoms with van der Waals surface area (Å²) >= 11 is 0. The maximum atomic E-state index is 13.2. The van der Waals surface area contributed by atoms with Crippen molar-refractivity contribution in [2.75, 3.05) is 0 Å². The quantitative estimate of drug-likeness (QED) is 0.821. The monoisotopic (exact) mass is 232 g/mol. The molecule has 0 amide bonds. The van der Waals surface area contributed by atoms with Gasteiger partial charge in [-0.2, -0.15) is 5.10 Å². The molecule has 88 valence electrons. The van der Waals surface area contributed by atoms with Crippen LogP contribution in [-0.2, 0) is 0 Å². The fourth-order valence-corrected chi connectivity index (χ4v) is 1.73. The molecule has 0 radical (unpaired) electrons. The summed E-state index contributed by atoms with van der Waals surface area (Å²) in [5, 5.41) is 6.43. The van der Waals surface area contributed by atoms with Crippen LogP contribution in [0, 0.1) is 26.6 Å². The van der Waals surface area contributed by atoms with E-state index in [-0.39, 0.29) is 11.4 Å². The van der Waals surface area contributed by atoms with Gasteiger partial charge in [0.15, 0.2) is 0 Å². The molecule has 0 unspecified atom stereocenters. The molecule has 0 aliphatic rings. The van der Waals surface area contributed by atoms with Crippen LogP contribution in [-0.4, -0.2) is 10.2 Å². The van der Waals surface area contributed by atoms with Crippen molar-refractivity contribution in [1.29, 1.82) is 0 Å². The minimum Gasteiger partial charge on any atom is -0.268 e. The highest BCUT2D eigenvalue weighted by Crippen LogP contribution is 2.25. The fourth-order valence-electron chi connectivity index (χ4n) is 1.73. The third-order valence-electron chi connectivity index (χ3n) is 2.98. The summed E-state index contributed by atoms with van der Waals surface area (Å²) in [5.41, 5.74) is 3.44. The second-order valence-electron chi connectivity index (χ2n) is 4.11. The number of aryl methyl sites for hydroxylation is 1. The van der Waals surface area contributed by atoms with Gasteiger partial charge in [0.2, 0.25) is 0 Å². The van der Waals surface area contributed by atoms with Crippen LogP contribution in [0.3, 0.4) is 0 Å². The van der Waals surface area contributed by atoms with E-state index in [1.165, 1.54) is 12.1 Å². The van der Waals surface area contributed by atoms with Crippen LogP contribution in [0.4, 0.5) is 4.39 Å². The van der Waals surface area contributed by atoms with E-state index < -0.39 is 0 Å². The van der Waals surface area contributed by atoms with Crippen molar-refractivity contribution in [3.8, 4) is 11.3 Å². The average Bonchev–Trinajstić information content (AvgIpc) is 2.30. The highest BCUT2D eigenvalue weighted by Gasteiger charge is 2.11. The number of nitrogens with one attached hydrogen (secondary N) is 1. The fraction of sp³-hybridized carbons (Fsp3) is 0.231. The molecule has 0 bridgehead atoms. The number of nitrogens with zero attached hydrogens (tertiary/aromatic N) is 1. The lowest BCUT2D eigenvalue weighted by Gasteiger charge is -2.09. The molecule has 0 saturated heterocycles. The number of aromatic nitrogens is 2. The second kappa shape index (κ2) is 4.13. The second-order valence-corrected chi connectivity index (χ2v) is 4.11. The van der Waals surface area contributed by atoms with Crippen LogP contribution in [0.2, 0.25) is 0 Å². The van der Waals surface area contributed by atoms with Gasteiger partial charge in [-0.25, -0.2) is 9.49 Å². The smallest absolute Gasteiger partial charge is 0.267 e. The van der Waals surface area contributed by atoms with Crippen LogP contribution in [0.1, 0.15) is 16.7 Å². The van der Waals surface area contributed by atoms with Crippen molar-refractivity contribution < 1.29 is 4.39 Å². The van der Waals surface area contributed by atoms with E-state index in [0.717, 1.165) is 11.1 Å². The Morgan fingerprint density at radius 2 is 1.88 bits per heavy atom. The molecule has 4 heteroatoms. The van der Waals surface area contributed by atoms with Gasteiger partial charge in [-0.1, -0.05) is 6.07 Å². The minimum atomic E-state index is -0.310. The summed E-state index contributed by atoms with van der Waals surface area (Å²) in [7, 11) is 0. The van der Waals surface area contributed by atoms with Gasteiger partial charge >= 0.3 is 0 Å². The maximum Gasteiger partial charge on any atom is 0.267 e.